The van der Waals surface area contributed by atoms with E-state index < -0.39 is 35.1 Å². The highest BCUT2D eigenvalue weighted by Crippen LogP contribution is 2.34. The average Bonchev–Trinajstić information content (AvgIpc) is 4.17. The summed E-state index contributed by atoms with van der Waals surface area (Å²) in [5.41, 5.74) is 10.5. The molecular weight excluding hydrogens is 973 g/mol. The highest BCUT2D eigenvalue weighted by atomic mass is 32.1. The Morgan fingerprint density at radius 3 is 2.36 bits per heavy atom. The molecule has 400 valence electrons. The zero-order valence-electron chi connectivity index (χ0n) is 43.3. The summed E-state index contributed by atoms with van der Waals surface area (Å²) in [5.74, 6) is 5.43. The van der Waals surface area contributed by atoms with Gasteiger partial charge in [0.05, 0.1) is 61.4 Å². The summed E-state index contributed by atoms with van der Waals surface area (Å²) in [4.78, 5) is 68.8. The number of anilines is 1. The monoisotopic (exact) mass is 1040 g/mol. The van der Waals surface area contributed by atoms with Gasteiger partial charge in [-0.25, -0.2) is 19.6 Å². The first-order chi connectivity index (χ1) is 35.3. The number of aliphatic hydroxyl groups excluding tert-OH is 1. The lowest BCUT2D eigenvalue weighted by molar-refractivity contribution is -0.144. The van der Waals surface area contributed by atoms with Gasteiger partial charge in [-0.1, -0.05) is 51.0 Å². The zero-order valence-corrected chi connectivity index (χ0v) is 44.1. The molecule has 1 aromatic carbocycles. The molecule has 0 radical (unpaired) electrons. The molecule has 74 heavy (non-hydrogen) atoms. The Bertz CT molecular complexity index is 2730. The van der Waals surface area contributed by atoms with Crippen LogP contribution in [0.4, 0.5) is 5.82 Å². The Hall–Kier alpha value is -6.55. The van der Waals surface area contributed by atoms with Crippen LogP contribution in [0.3, 0.4) is 0 Å². The van der Waals surface area contributed by atoms with Crippen molar-refractivity contribution < 1.29 is 48.2 Å². The first-order valence-corrected chi connectivity index (χ1v) is 25.8. The third kappa shape index (κ3) is 16.0. The van der Waals surface area contributed by atoms with Crippen molar-refractivity contribution in [2.75, 3.05) is 64.9 Å². The molecule has 0 spiro atoms. The van der Waals surface area contributed by atoms with Crippen LogP contribution in [0.25, 0.3) is 33.0 Å². The number of nitrogens with zero attached hydrogens (tertiary/aromatic N) is 7. The van der Waals surface area contributed by atoms with Gasteiger partial charge >= 0.3 is 0 Å². The number of carbonyl (C=O) groups is 4. The molecule has 1 aliphatic heterocycles. The molecule has 22 nitrogen and oxygen atoms in total. The van der Waals surface area contributed by atoms with E-state index in [0.717, 1.165) is 21.7 Å². The number of likely N-dealkylation sites (tertiary alicyclic amines) is 1. The van der Waals surface area contributed by atoms with Gasteiger partial charge in [-0.3, -0.25) is 19.2 Å². The number of benzene rings is 1. The third-order valence-electron chi connectivity index (χ3n) is 11.9. The number of fused-ring (bicyclic) bond motifs is 1. The molecule has 0 saturated carbocycles. The summed E-state index contributed by atoms with van der Waals surface area (Å²) in [6.07, 6.45) is 2.46. The zero-order chi connectivity index (χ0) is 53.4. The third-order valence-corrected chi connectivity index (χ3v) is 12.9. The Kier molecular flexibility index (Phi) is 20.4. The normalized spacial score (nSPS) is 15.2. The van der Waals surface area contributed by atoms with E-state index in [9.17, 15) is 29.4 Å². The fourth-order valence-electron chi connectivity index (χ4n) is 8.09. The second-order valence-electron chi connectivity index (χ2n) is 19.5. The minimum Gasteiger partial charge on any atom is -0.490 e. The smallest absolute Gasteiger partial charge is 0.246 e. The Morgan fingerprint density at radius 2 is 1.69 bits per heavy atom. The molecule has 5 aromatic rings. The van der Waals surface area contributed by atoms with Crippen LogP contribution in [-0.2, 0) is 41.7 Å². The second-order valence-corrected chi connectivity index (χ2v) is 20.3. The largest absolute Gasteiger partial charge is 0.490 e. The van der Waals surface area contributed by atoms with E-state index in [1.165, 1.54) is 4.90 Å². The topological polar surface area (TPSA) is 296 Å². The molecule has 0 bridgehead atoms. The summed E-state index contributed by atoms with van der Waals surface area (Å²) in [5, 5.41) is 40.3. The maximum atomic E-state index is 14.0. The van der Waals surface area contributed by atoms with Crippen LogP contribution >= 0.6 is 11.3 Å². The molecule has 0 aliphatic carbocycles. The molecule has 3 unspecified atom stereocenters. The summed E-state index contributed by atoms with van der Waals surface area (Å²) in [6, 6.07) is 6.01. The van der Waals surface area contributed by atoms with Gasteiger partial charge in [0.25, 0.3) is 0 Å². The van der Waals surface area contributed by atoms with E-state index in [2.05, 4.69) is 53.4 Å². The quantitative estimate of drug-likeness (QED) is 0.0309. The number of hydrogen-bond donors (Lipinski definition) is 7. The van der Waals surface area contributed by atoms with E-state index in [1.807, 2.05) is 63.5 Å². The number of aromatic nitrogens is 6. The van der Waals surface area contributed by atoms with Gasteiger partial charge in [0, 0.05) is 45.4 Å². The van der Waals surface area contributed by atoms with Crippen molar-refractivity contribution in [2.45, 2.75) is 117 Å². The van der Waals surface area contributed by atoms with Gasteiger partial charge in [-0.05, 0) is 86.4 Å². The van der Waals surface area contributed by atoms with Gasteiger partial charge in [-0.15, -0.1) is 11.3 Å². The lowest BCUT2D eigenvalue weighted by atomic mass is 9.85. The van der Waals surface area contributed by atoms with Crippen LogP contribution in [0.2, 0.25) is 0 Å². The molecule has 1 saturated heterocycles. The summed E-state index contributed by atoms with van der Waals surface area (Å²) >= 11 is 1.57. The van der Waals surface area contributed by atoms with Gasteiger partial charge in [-0.2, -0.15) is 0 Å². The average molecular weight is 1040 g/mol. The number of carbonyl (C=O) groups excluding carboxylic acids is 4. The first kappa shape index (κ1) is 56.7. The van der Waals surface area contributed by atoms with Crippen molar-refractivity contribution >= 4 is 51.8 Å². The van der Waals surface area contributed by atoms with Crippen molar-refractivity contribution in [1.29, 1.82) is 0 Å². The van der Waals surface area contributed by atoms with E-state index >= 15 is 0 Å². The number of imidazole rings is 1. The number of nitrogen functional groups attached to an aromatic ring is 1. The number of rotatable bonds is 26. The fraction of sp³-hybridized carbons (Fsp3) is 0.549. The molecule has 5 heterocycles. The molecule has 6 rings (SSSR count). The Labute approximate surface area is 434 Å². The van der Waals surface area contributed by atoms with Crippen LogP contribution in [0.1, 0.15) is 90.6 Å². The summed E-state index contributed by atoms with van der Waals surface area (Å²) in [6.45, 7) is 16.2. The first-order valence-electron chi connectivity index (χ1n) is 24.9. The lowest BCUT2D eigenvalue weighted by Gasteiger charge is -2.35. The maximum Gasteiger partial charge on any atom is 0.246 e. The molecule has 3 atom stereocenters. The lowest BCUT2D eigenvalue weighted by Crippen LogP contribution is -2.57. The van der Waals surface area contributed by atoms with Crippen molar-refractivity contribution in [1.82, 2.24) is 56.0 Å². The molecule has 1 aliphatic rings. The Balaban J connectivity index is 0.814. The predicted octanol–water partition coefficient (Wildman–Crippen LogP) is 3.13. The second kappa shape index (κ2) is 26.6. The highest BCUT2D eigenvalue weighted by Gasteiger charge is 2.44. The van der Waals surface area contributed by atoms with Gasteiger partial charge in [0.2, 0.25) is 23.6 Å². The van der Waals surface area contributed by atoms with Crippen LogP contribution in [0.15, 0.2) is 40.6 Å². The number of pyridine rings is 1. The van der Waals surface area contributed by atoms with Crippen LogP contribution < -0.4 is 31.7 Å². The molecule has 4 amide bonds. The van der Waals surface area contributed by atoms with Crippen molar-refractivity contribution in [2.24, 2.45) is 5.41 Å². The molecule has 4 aromatic heterocycles. The summed E-state index contributed by atoms with van der Waals surface area (Å²) in [7, 11) is 0. The molecule has 1 fully saturated rings. The number of thiazole rings is 1. The van der Waals surface area contributed by atoms with Crippen molar-refractivity contribution in [3.63, 3.8) is 0 Å². The van der Waals surface area contributed by atoms with E-state index in [4.69, 9.17) is 29.6 Å². The standard InChI is InChI=1S/C51H70N12O10S/c1-8-62-43-38(29-55-36(16-18-51(6,7)69)41(43)59-47(62)42-46(52)61-73-60-42)72-22-10-20-53-19-9-11-39(65)54-21-24-71-26-25-70-23-17-40(66)58-45(50(3,4)5)49(68)63-30-35(64)27-37(63)48(67)56-28-33-12-14-34(15-13-33)44-32(2)57-31-74-44/h12-15,29,31,35,37,45,53,64,69H,8-11,17,19-28,30H2,1-7H3,(H2,52,61)(H,54,65)(H,56,67)(H,58,66). The van der Waals surface area contributed by atoms with Gasteiger partial charge in [0.1, 0.15) is 34.4 Å². The number of hydrogen-bond acceptors (Lipinski definition) is 18. The Morgan fingerprint density at radius 1 is 0.946 bits per heavy atom. The van der Waals surface area contributed by atoms with E-state index in [0.29, 0.717) is 87.0 Å². The SMILES string of the molecule is CCn1c(-c2nonc2N)nc2c(C#CC(C)(C)O)ncc(OCCCNCCCC(=O)NCCOCCOCCC(=O)NC(C(=O)N3CC(O)CC3C(=O)NCc3ccc(-c4scnc4C)cc3)C(C)(C)C)c21. The van der Waals surface area contributed by atoms with Gasteiger partial charge in [0.15, 0.2) is 23.1 Å². The van der Waals surface area contributed by atoms with Crippen molar-refractivity contribution in [3.8, 4) is 39.5 Å². The number of β-amino-alcohol motifs (C(OH)–C–C–N with tert-alkyl or cyclic N) is 1. The number of ether oxygens (including phenoxy) is 3. The van der Waals surface area contributed by atoms with Crippen LogP contribution in [-0.4, -0.2) is 152 Å². The highest BCUT2D eigenvalue weighted by molar-refractivity contribution is 7.13. The molecule has 8 N–H and O–H groups in total. The predicted molar refractivity (Wildman–Crippen MR) is 277 cm³/mol. The van der Waals surface area contributed by atoms with Gasteiger partial charge < -0.3 is 60.9 Å². The fourth-order valence-corrected chi connectivity index (χ4v) is 8.90. The van der Waals surface area contributed by atoms with Crippen LogP contribution in [0, 0.1) is 24.2 Å². The number of nitrogens with one attached hydrogen (secondary N) is 4. The maximum absolute atomic E-state index is 14.0. The minimum absolute atomic E-state index is 0.00177. The van der Waals surface area contributed by atoms with Crippen molar-refractivity contribution in [3.05, 3.63) is 52.9 Å². The number of aryl methyl sites for hydroxylation is 2. The van der Waals surface area contributed by atoms with Crippen LogP contribution in [0.5, 0.6) is 5.75 Å². The van der Waals surface area contributed by atoms with E-state index in [1.54, 1.807) is 36.9 Å². The summed E-state index contributed by atoms with van der Waals surface area (Å²) < 4.78 is 24.1. The number of aliphatic hydroxyl groups is 2. The number of amides is 4. The number of nitrogens with two attached hydrogens (primary N) is 1. The molecule has 23 heteroatoms. The van der Waals surface area contributed by atoms with E-state index in [-0.39, 0.29) is 75.0 Å². The molecular formula is C51H70N12O10S. The minimum atomic E-state index is -1.24.